The number of nitrogens with one attached hydrogen (secondary N) is 3. The summed E-state index contributed by atoms with van der Waals surface area (Å²) in [4.78, 5) is 43.5. The largest absolute Gasteiger partial charge is 0.416 e. The van der Waals surface area contributed by atoms with Crippen LogP contribution in [0, 0.1) is 0 Å². The molecule has 1 heterocycles. The fraction of sp³-hybridized carbons (Fsp3) is 0.0968. The van der Waals surface area contributed by atoms with Crippen LogP contribution in [0.5, 0.6) is 0 Å². The minimum Gasteiger partial charge on any atom is -0.324 e. The van der Waals surface area contributed by atoms with Gasteiger partial charge in [-0.15, -0.1) is 11.8 Å². The third kappa shape index (κ3) is 8.94. The van der Waals surface area contributed by atoms with E-state index in [4.69, 9.17) is 11.6 Å². The Hall–Kier alpha value is -4.61. The lowest BCUT2D eigenvalue weighted by Crippen LogP contribution is -2.30. The van der Waals surface area contributed by atoms with E-state index in [2.05, 4.69) is 20.9 Å². The smallest absolute Gasteiger partial charge is 0.324 e. The van der Waals surface area contributed by atoms with Crippen LogP contribution in [-0.2, 0) is 15.8 Å². The van der Waals surface area contributed by atoms with Gasteiger partial charge >= 0.3 is 6.18 Å². The molecule has 4 aromatic rings. The zero-order valence-electron chi connectivity index (χ0n) is 22.5. The third-order valence-corrected chi connectivity index (χ3v) is 7.27. The summed E-state index contributed by atoms with van der Waals surface area (Å²) in [6, 6.07) is 21.2. The number of pyridine rings is 1. The third-order valence-electron chi connectivity index (χ3n) is 5.85. The molecule has 220 valence electrons. The molecule has 0 fully saturated rings. The van der Waals surface area contributed by atoms with Crippen molar-refractivity contribution < 1.29 is 27.6 Å². The molecular formula is C31H24ClF3N4O3S. The van der Waals surface area contributed by atoms with Crippen LogP contribution >= 0.6 is 23.4 Å². The van der Waals surface area contributed by atoms with Crippen LogP contribution in [0.4, 0.5) is 24.5 Å². The summed E-state index contributed by atoms with van der Waals surface area (Å²) in [5.74, 6) is -1.64. The van der Waals surface area contributed by atoms with Crippen molar-refractivity contribution in [3.05, 3.63) is 125 Å². The first-order chi connectivity index (χ1) is 20.5. The Morgan fingerprint density at radius 1 is 0.930 bits per heavy atom. The van der Waals surface area contributed by atoms with Crippen molar-refractivity contribution in [3.63, 3.8) is 0 Å². The summed E-state index contributed by atoms with van der Waals surface area (Å²) in [7, 11) is 0. The highest BCUT2D eigenvalue weighted by Gasteiger charge is 2.31. The Bertz CT molecular complexity index is 1650. The number of halogens is 4. The van der Waals surface area contributed by atoms with Crippen molar-refractivity contribution in [3.8, 4) is 0 Å². The van der Waals surface area contributed by atoms with Crippen LogP contribution in [0.1, 0.15) is 28.4 Å². The molecule has 0 aliphatic carbocycles. The van der Waals surface area contributed by atoms with Crippen LogP contribution in [-0.4, -0.2) is 28.0 Å². The Labute approximate surface area is 254 Å². The summed E-state index contributed by atoms with van der Waals surface area (Å²) in [5.41, 5.74) is 0.226. The maximum absolute atomic E-state index is 13.3. The number of amides is 3. The van der Waals surface area contributed by atoms with Gasteiger partial charge in [0, 0.05) is 28.5 Å². The molecule has 4 rings (SSSR count). The Balaban J connectivity index is 1.46. The monoisotopic (exact) mass is 624 g/mol. The molecule has 1 unspecified atom stereocenters. The van der Waals surface area contributed by atoms with Gasteiger partial charge in [0.25, 0.3) is 11.8 Å². The molecule has 0 radical (unpaired) electrons. The van der Waals surface area contributed by atoms with Gasteiger partial charge < -0.3 is 16.0 Å². The van der Waals surface area contributed by atoms with E-state index in [1.165, 1.54) is 12.3 Å². The quantitative estimate of drug-likeness (QED) is 0.134. The number of benzene rings is 3. The predicted molar refractivity (Wildman–Crippen MR) is 162 cm³/mol. The molecule has 12 heteroatoms. The molecule has 7 nitrogen and oxygen atoms in total. The average Bonchev–Trinajstić information content (AvgIpc) is 2.98. The molecular weight excluding hydrogens is 601 g/mol. The van der Waals surface area contributed by atoms with Gasteiger partial charge in [-0.2, -0.15) is 13.2 Å². The lowest BCUT2D eigenvalue weighted by Gasteiger charge is -2.15. The predicted octanol–water partition coefficient (Wildman–Crippen LogP) is 7.28. The van der Waals surface area contributed by atoms with E-state index in [-0.39, 0.29) is 16.4 Å². The van der Waals surface area contributed by atoms with Gasteiger partial charge in [0.15, 0.2) is 0 Å². The van der Waals surface area contributed by atoms with Gasteiger partial charge in [0.2, 0.25) is 5.91 Å². The lowest BCUT2D eigenvalue weighted by molar-refractivity contribution is -0.137. The maximum atomic E-state index is 13.3. The molecule has 1 aromatic heterocycles. The van der Waals surface area contributed by atoms with Crippen LogP contribution in [0.15, 0.2) is 108 Å². The number of carbonyl (C=O) groups excluding carboxylic acids is 3. The van der Waals surface area contributed by atoms with Gasteiger partial charge in [0.05, 0.1) is 21.5 Å². The van der Waals surface area contributed by atoms with Gasteiger partial charge in [-0.1, -0.05) is 41.9 Å². The minimum absolute atomic E-state index is 0.0226. The molecule has 3 aromatic carbocycles. The number of aromatic nitrogens is 1. The molecule has 0 aliphatic rings. The molecule has 0 bridgehead atoms. The molecule has 43 heavy (non-hydrogen) atoms. The van der Waals surface area contributed by atoms with E-state index in [0.717, 1.165) is 30.0 Å². The number of thioether (sulfide) groups is 1. The SMILES string of the molecule is CC(Sc1cccc(NC(=O)/C(=C/c2cccnc2)NC(=O)c2ccccc2)c1)C(=O)Nc1cc(C(F)(F)F)ccc1Cl. The van der Waals surface area contributed by atoms with Crippen molar-refractivity contribution in [2.45, 2.75) is 23.2 Å². The van der Waals surface area contributed by atoms with Crippen molar-refractivity contribution >= 4 is 58.5 Å². The molecule has 0 aliphatic heterocycles. The summed E-state index contributed by atoms with van der Waals surface area (Å²) in [5, 5.41) is 7.08. The first kappa shape index (κ1) is 31.3. The molecule has 3 amide bonds. The zero-order valence-corrected chi connectivity index (χ0v) is 24.1. The molecule has 0 saturated carbocycles. The summed E-state index contributed by atoms with van der Waals surface area (Å²) in [6.07, 6.45) is 0.0241. The Kier molecular flexibility index (Phi) is 10.2. The number of anilines is 2. The second-order valence-electron chi connectivity index (χ2n) is 9.09. The topological polar surface area (TPSA) is 100 Å². The molecule has 0 spiro atoms. The average molecular weight is 625 g/mol. The maximum Gasteiger partial charge on any atom is 0.416 e. The zero-order chi connectivity index (χ0) is 31.0. The van der Waals surface area contributed by atoms with E-state index in [1.54, 1.807) is 79.9 Å². The highest BCUT2D eigenvalue weighted by atomic mass is 35.5. The Morgan fingerprint density at radius 2 is 1.70 bits per heavy atom. The first-order valence-electron chi connectivity index (χ1n) is 12.7. The van der Waals surface area contributed by atoms with Crippen LogP contribution < -0.4 is 16.0 Å². The van der Waals surface area contributed by atoms with Crippen LogP contribution in [0.25, 0.3) is 6.08 Å². The van der Waals surface area contributed by atoms with E-state index >= 15 is 0 Å². The molecule has 1 atom stereocenters. The van der Waals surface area contributed by atoms with E-state index in [1.807, 2.05) is 0 Å². The minimum atomic E-state index is -4.59. The van der Waals surface area contributed by atoms with E-state index < -0.39 is 34.7 Å². The second kappa shape index (κ2) is 14.0. The van der Waals surface area contributed by atoms with Gasteiger partial charge in [-0.3, -0.25) is 19.4 Å². The Morgan fingerprint density at radius 3 is 2.40 bits per heavy atom. The number of hydrogen-bond donors (Lipinski definition) is 3. The van der Waals surface area contributed by atoms with Crippen LogP contribution in [0.3, 0.4) is 0 Å². The van der Waals surface area contributed by atoms with E-state index in [9.17, 15) is 27.6 Å². The van der Waals surface area contributed by atoms with Crippen LogP contribution in [0.2, 0.25) is 5.02 Å². The normalized spacial score (nSPS) is 12.3. The standard InChI is InChI=1S/C31H24ClF3N4O3S/c1-19(28(40)38-26-16-22(31(33,34)35)12-13-25(26)32)43-24-11-5-10-23(17-24)37-30(42)27(15-20-7-6-14-36-18-20)39-29(41)21-8-3-2-4-9-21/h2-19H,1H3,(H,37,42)(H,38,40)(H,39,41)/b27-15-. The van der Waals surface area contributed by atoms with Gasteiger partial charge in [0.1, 0.15) is 5.70 Å². The van der Waals surface area contributed by atoms with Crippen molar-refractivity contribution in [2.75, 3.05) is 10.6 Å². The number of carbonyl (C=O) groups is 3. The highest BCUT2D eigenvalue weighted by Crippen LogP contribution is 2.34. The number of hydrogen-bond acceptors (Lipinski definition) is 5. The fourth-order valence-corrected chi connectivity index (χ4v) is 4.80. The summed E-state index contributed by atoms with van der Waals surface area (Å²) < 4.78 is 39.3. The van der Waals surface area contributed by atoms with E-state index in [0.29, 0.717) is 21.7 Å². The molecule has 3 N–H and O–H groups in total. The second-order valence-corrected chi connectivity index (χ2v) is 10.9. The summed E-state index contributed by atoms with van der Waals surface area (Å²) in [6.45, 7) is 1.58. The van der Waals surface area contributed by atoms with Gasteiger partial charge in [-0.25, -0.2) is 0 Å². The van der Waals surface area contributed by atoms with Crippen molar-refractivity contribution in [1.29, 1.82) is 0 Å². The fourth-order valence-electron chi connectivity index (χ4n) is 3.71. The van der Waals surface area contributed by atoms with Crippen molar-refractivity contribution in [2.24, 2.45) is 0 Å². The summed E-state index contributed by atoms with van der Waals surface area (Å²) >= 11 is 7.13. The van der Waals surface area contributed by atoms with Crippen molar-refractivity contribution in [1.82, 2.24) is 10.3 Å². The first-order valence-corrected chi connectivity index (χ1v) is 14.0. The number of rotatable bonds is 9. The molecule has 0 saturated heterocycles. The van der Waals surface area contributed by atoms with Gasteiger partial charge in [-0.05, 0) is 73.2 Å². The number of alkyl halides is 3. The highest BCUT2D eigenvalue weighted by molar-refractivity contribution is 8.00. The lowest BCUT2D eigenvalue weighted by atomic mass is 10.2. The number of nitrogens with zero attached hydrogens (tertiary/aromatic N) is 1.